The molecule has 1 aliphatic rings. The molecule has 3 rings (SSSR count). The first-order chi connectivity index (χ1) is 11.5. The molecule has 128 valence electrons. The van der Waals surface area contributed by atoms with E-state index in [0.29, 0.717) is 30.3 Å². The maximum Gasteiger partial charge on any atom is 0.291 e. The molecule has 0 bridgehead atoms. The standard InChI is InChI=1S/C19H25N3O2/c1-5-17-20-15(4)18(24-17)19(23)22-11-10-21(12-14(22)3)16-9-7-6-8-13(16)2/h6-9,14H,5,10-12H2,1-4H3/t14-/m1/s1. The lowest BCUT2D eigenvalue weighted by Crippen LogP contribution is -2.54. The Hall–Kier alpha value is -2.30. The lowest BCUT2D eigenvalue weighted by atomic mass is 10.1. The number of hydrogen-bond acceptors (Lipinski definition) is 4. The van der Waals surface area contributed by atoms with Gasteiger partial charge in [-0.3, -0.25) is 4.79 Å². The molecule has 1 fully saturated rings. The van der Waals surface area contributed by atoms with Gasteiger partial charge in [-0.1, -0.05) is 25.1 Å². The molecule has 1 aromatic carbocycles. The Morgan fingerprint density at radius 2 is 2.04 bits per heavy atom. The number of amides is 1. The summed E-state index contributed by atoms with van der Waals surface area (Å²) in [5, 5.41) is 0. The highest BCUT2D eigenvalue weighted by Crippen LogP contribution is 2.24. The summed E-state index contributed by atoms with van der Waals surface area (Å²) in [6.07, 6.45) is 0.699. The van der Waals surface area contributed by atoms with Crippen molar-refractivity contribution in [3.8, 4) is 0 Å². The Kier molecular flexibility index (Phi) is 4.60. The summed E-state index contributed by atoms with van der Waals surface area (Å²) in [4.78, 5) is 21.4. The van der Waals surface area contributed by atoms with Crippen LogP contribution in [0.2, 0.25) is 0 Å². The minimum Gasteiger partial charge on any atom is -0.435 e. The molecule has 5 nitrogen and oxygen atoms in total. The van der Waals surface area contributed by atoms with E-state index in [1.807, 2.05) is 18.7 Å². The first-order valence-electron chi connectivity index (χ1n) is 8.59. The van der Waals surface area contributed by atoms with Crippen LogP contribution >= 0.6 is 0 Å². The van der Waals surface area contributed by atoms with Crippen molar-refractivity contribution < 1.29 is 9.21 Å². The Morgan fingerprint density at radius 3 is 2.67 bits per heavy atom. The number of para-hydroxylation sites is 1. The first-order valence-corrected chi connectivity index (χ1v) is 8.59. The van der Waals surface area contributed by atoms with Crippen molar-refractivity contribution in [2.24, 2.45) is 0 Å². The fourth-order valence-corrected chi connectivity index (χ4v) is 3.33. The van der Waals surface area contributed by atoms with Gasteiger partial charge in [0.2, 0.25) is 5.76 Å². The highest BCUT2D eigenvalue weighted by atomic mass is 16.4. The first kappa shape index (κ1) is 16.6. The maximum atomic E-state index is 12.8. The van der Waals surface area contributed by atoms with Crippen LogP contribution in [0.4, 0.5) is 5.69 Å². The molecule has 0 unspecified atom stereocenters. The van der Waals surface area contributed by atoms with E-state index in [4.69, 9.17) is 4.42 Å². The lowest BCUT2D eigenvalue weighted by Gasteiger charge is -2.41. The minimum atomic E-state index is -0.0448. The average Bonchev–Trinajstić information content (AvgIpc) is 2.95. The Bertz CT molecular complexity index is 738. The van der Waals surface area contributed by atoms with E-state index in [2.05, 4.69) is 48.0 Å². The number of hydrogen-bond donors (Lipinski definition) is 0. The summed E-state index contributed by atoms with van der Waals surface area (Å²) < 4.78 is 5.64. The van der Waals surface area contributed by atoms with Crippen LogP contribution in [0.25, 0.3) is 0 Å². The number of aryl methyl sites for hydroxylation is 3. The monoisotopic (exact) mass is 327 g/mol. The van der Waals surface area contributed by atoms with Crippen molar-refractivity contribution in [3.05, 3.63) is 47.2 Å². The van der Waals surface area contributed by atoms with Gasteiger partial charge in [-0.2, -0.15) is 0 Å². The molecule has 0 aliphatic carbocycles. The summed E-state index contributed by atoms with van der Waals surface area (Å²) >= 11 is 0. The van der Waals surface area contributed by atoms with Gasteiger partial charge < -0.3 is 14.2 Å². The third kappa shape index (κ3) is 3.03. The third-order valence-corrected chi connectivity index (χ3v) is 4.68. The number of anilines is 1. The molecule has 1 aromatic heterocycles. The Labute approximate surface area is 143 Å². The second-order valence-electron chi connectivity index (χ2n) is 6.46. The maximum absolute atomic E-state index is 12.8. The van der Waals surface area contributed by atoms with E-state index in [0.717, 1.165) is 13.1 Å². The van der Waals surface area contributed by atoms with Gasteiger partial charge in [0.1, 0.15) is 0 Å². The van der Waals surface area contributed by atoms with Gasteiger partial charge in [0.25, 0.3) is 5.91 Å². The molecule has 0 radical (unpaired) electrons. The molecule has 1 atom stereocenters. The fourth-order valence-electron chi connectivity index (χ4n) is 3.33. The second-order valence-corrected chi connectivity index (χ2v) is 6.46. The molecule has 24 heavy (non-hydrogen) atoms. The van der Waals surface area contributed by atoms with E-state index >= 15 is 0 Å². The Balaban J connectivity index is 1.75. The average molecular weight is 327 g/mol. The van der Waals surface area contributed by atoms with Crippen LogP contribution in [0.1, 0.15) is 41.6 Å². The van der Waals surface area contributed by atoms with Gasteiger partial charge in [0, 0.05) is 37.8 Å². The van der Waals surface area contributed by atoms with Crippen molar-refractivity contribution in [3.63, 3.8) is 0 Å². The Morgan fingerprint density at radius 1 is 1.29 bits per heavy atom. The third-order valence-electron chi connectivity index (χ3n) is 4.68. The molecule has 1 amide bonds. The highest BCUT2D eigenvalue weighted by molar-refractivity contribution is 5.92. The molecule has 0 saturated carbocycles. The van der Waals surface area contributed by atoms with E-state index < -0.39 is 0 Å². The van der Waals surface area contributed by atoms with Crippen molar-refractivity contribution >= 4 is 11.6 Å². The SMILES string of the molecule is CCc1nc(C)c(C(=O)N2CCN(c3ccccc3C)C[C@H]2C)o1. The fraction of sp³-hybridized carbons (Fsp3) is 0.474. The van der Waals surface area contributed by atoms with Crippen LogP contribution in [-0.2, 0) is 6.42 Å². The van der Waals surface area contributed by atoms with Crippen LogP contribution in [0, 0.1) is 13.8 Å². The minimum absolute atomic E-state index is 0.0448. The van der Waals surface area contributed by atoms with E-state index in [1.165, 1.54) is 11.3 Å². The predicted molar refractivity (Wildman–Crippen MR) is 94.5 cm³/mol. The molecule has 2 heterocycles. The number of carbonyl (C=O) groups is 1. The van der Waals surface area contributed by atoms with Gasteiger partial charge in [0.15, 0.2) is 5.89 Å². The van der Waals surface area contributed by atoms with Crippen LogP contribution < -0.4 is 4.90 Å². The highest BCUT2D eigenvalue weighted by Gasteiger charge is 2.31. The van der Waals surface area contributed by atoms with E-state index in [1.54, 1.807) is 0 Å². The van der Waals surface area contributed by atoms with Crippen molar-refractivity contribution in [1.29, 1.82) is 0 Å². The number of nitrogens with zero attached hydrogens (tertiary/aromatic N) is 3. The van der Waals surface area contributed by atoms with Crippen molar-refractivity contribution in [2.45, 2.75) is 40.2 Å². The van der Waals surface area contributed by atoms with Crippen LogP contribution in [0.3, 0.4) is 0 Å². The predicted octanol–water partition coefficient (Wildman–Crippen LogP) is 3.20. The van der Waals surface area contributed by atoms with Gasteiger partial charge >= 0.3 is 0 Å². The molecular formula is C19H25N3O2. The zero-order valence-corrected chi connectivity index (χ0v) is 14.9. The number of carbonyl (C=O) groups excluding carboxylic acids is 1. The number of aromatic nitrogens is 1. The van der Waals surface area contributed by atoms with Gasteiger partial charge in [-0.25, -0.2) is 4.98 Å². The topological polar surface area (TPSA) is 49.6 Å². The molecular weight excluding hydrogens is 302 g/mol. The normalized spacial score (nSPS) is 18.1. The van der Waals surface area contributed by atoms with E-state index in [-0.39, 0.29) is 11.9 Å². The largest absolute Gasteiger partial charge is 0.435 e. The molecule has 0 spiro atoms. The van der Waals surface area contributed by atoms with Crippen molar-refractivity contribution in [1.82, 2.24) is 9.88 Å². The molecule has 2 aromatic rings. The summed E-state index contributed by atoms with van der Waals surface area (Å²) in [7, 11) is 0. The number of rotatable bonds is 3. The zero-order chi connectivity index (χ0) is 17.3. The summed E-state index contributed by atoms with van der Waals surface area (Å²) in [6, 6.07) is 8.52. The smallest absolute Gasteiger partial charge is 0.291 e. The summed E-state index contributed by atoms with van der Waals surface area (Å²) in [6.45, 7) is 10.4. The van der Waals surface area contributed by atoms with Gasteiger partial charge in [-0.15, -0.1) is 0 Å². The van der Waals surface area contributed by atoms with Crippen LogP contribution in [0.15, 0.2) is 28.7 Å². The summed E-state index contributed by atoms with van der Waals surface area (Å²) in [5.74, 6) is 0.974. The quantitative estimate of drug-likeness (QED) is 0.868. The summed E-state index contributed by atoms with van der Waals surface area (Å²) in [5.41, 5.74) is 3.20. The second kappa shape index (κ2) is 6.67. The number of oxazole rings is 1. The van der Waals surface area contributed by atoms with Gasteiger partial charge in [-0.05, 0) is 32.4 Å². The number of benzene rings is 1. The molecule has 5 heteroatoms. The molecule has 1 saturated heterocycles. The lowest BCUT2D eigenvalue weighted by molar-refractivity contribution is 0.0638. The van der Waals surface area contributed by atoms with E-state index in [9.17, 15) is 4.79 Å². The molecule has 0 N–H and O–H groups in total. The number of piperazine rings is 1. The molecule has 1 aliphatic heterocycles. The van der Waals surface area contributed by atoms with Gasteiger partial charge in [0.05, 0.1) is 5.69 Å². The van der Waals surface area contributed by atoms with Crippen LogP contribution in [0.5, 0.6) is 0 Å². The zero-order valence-electron chi connectivity index (χ0n) is 14.9. The van der Waals surface area contributed by atoms with Crippen molar-refractivity contribution in [2.75, 3.05) is 24.5 Å². The van der Waals surface area contributed by atoms with Crippen LogP contribution in [-0.4, -0.2) is 41.5 Å².